The van der Waals surface area contributed by atoms with Crippen LogP contribution in [-0.4, -0.2) is 43.3 Å². The lowest BCUT2D eigenvalue weighted by molar-refractivity contribution is 0.112. The Morgan fingerprint density at radius 3 is 2.24 bits per heavy atom. The molecular formula is C21H42N2O2. The third-order valence-corrected chi connectivity index (χ3v) is 5.51. The van der Waals surface area contributed by atoms with Crippen molar-refractivity contribution in [3.63, 3.8) is 0 Å². The summed E-state index contributed by atoms with van der Waals surface area (Å²) >= 11 is 0. The first kappa shape index (κ1) is 22.3. The van der Waals surface area contributed by atoms with E-state index < -0.39 is 0 Å². The molecule has 0 aromatic rings. The van der Waals surface area contributed by atoms with Gasteiger partial charge in [0.05, 0.1) is 7.11 Å². The van der Waals surface area contributed by atoms with E-state index in [4.69, 9.17) is 4.74 Å². The summed E-state index contributed by atoms with van der Waals surface area (Å²) in [6, 6.07) is 0.945. The minimum Gasteiger partial charge on any atom is -0.453 e. The molecule has 1 saturated heterocycles. The third-order valence-electron chi connectivity index (χ3n) is 5.51. The summed E-state index contributed by atoms with van der Waals surface area (Å²) < 4.78 is 4.77. The Morgan fingerprint density at radius 2 is 1.64 bits per heavy atom. The summed E-state index contributed by atoms with van der Waals surface area (Å²) in [7, 11) is 1.45. The van der Waals surface area contributed by atoms with Crippen molar-refractivity contribution in [1.29, 1.82) is 0 Å². The molecule has 4 nitrogen and oxygen atoms in total. The second-order valence-corrected chi connectivity index (χ2v) is 7.68. The summed E-state index contributed by atoms with van der Waals surface area (Å²) in [6.45, 7) is 6.73. The number of rotatable bonds is 13. The van der Waals surface area contributed by atoms with Gasteiger partial charge in [0, 0.05) is 18.6 Å². The van der Waals surface area contributed by atoms with Gasteiger partial charge >= 0.3 is 6.09 Å². The molecule has 2 atom stereocenters. The van der Waals surface area contributed by atoms with Crippen molar-refractivity contribution in [1.82, 2.24) is 10.2 Å². The van der Waals surface area contributed by atoms with E-state index in [0.29, 0.717) is 6.04 Å². The highest BCUT2D eigenvalue weighted by Crippen LogP contribution is 2.22. The molecule has 1 heterocycles. The fourth-order valence-corrected chi connectivity index (χ4v) is 3.98. The number of alkyl carbamates (subject to hydrolysis) is 1. The van der Waals surface area contributed by atoms with Crippen molar-refractivity contribution < 1.29 is 9.53 Å². The lowest BCUT2D eigenvalue weighted by Gasteiger charge is -2.38. The van der Waals surface area contributed by atoms with Crippen LogP contribution in [0.3, 0.4) is 0 Å². The van der Waals surface area contributed by atoms with Crippen molar-refractivity contribution >= 4 is 6.09 Å². The monoisotopic (exact) mass is 354 g/mol. The predicted molar refractivity (Wildman–Crippen MR) is 106 cm³/mol. The second-order valence-electron chi connectivity index (χ2n) is 7.68. The maximum absolute atomic E-state index is 11.5. The van der Waals surface area contributed by atoms with Crippen molar-refractivity contribution in [2.24, 2.45) is 0 Å². The minimum absolute atomic E-state index is 0.249. The average molecular weight is 355 g/mol. The largest absolute Gasteiger partial charge is 0.453 e. The number of carbonyl (C=O) groups is 1. The smallest absolute Gasteiger partial charge is 0.407 e. The lowest BCUT2D eigenvalue weighted by Crippen LogP contribution is -2.51. The van der Waals surface area contributed by atoms with Crippen molar-refractivity contribution in [3.05, 3.63) is 0 Å². The Labute approximate surface area is 156 Å². The number of unbranched alkanes of at least 4 members (excludes halogenated alkanes) is 7. The first-order valence-electron chi connectivity index (χ1n) is 10.8. The molecule has 4 heteroatoms. The van der Waals surface area contributed by atoms with Crippen LogP contribution in [0, 0.1) is 0 Å². The second kappa shape index (κ2) is 14.4. The first-order valence-corrected chi connectivity index (χ1v) is 10.8. The summed E-state index contributed by atoms with van der Waals surface area (Å²) in [6.07, 6.45) is 16.8. The maximum Gasteiger partial charge on any atom is 0.407 e. The molecule has 1 unspecified atom stereocenters. The van der Waals surface area contributed by atoms with Crippen molar-refractivity contribution in [2.45, 2.75) is 109 Å². The fourth-order valence-electron chi connectivity index (χ4n) is 3.98. The van der Waals surface area contributed by atoms with Crippen LogP contribution in [0.2, 0.25) is 0 Å². The van der Waals surface area contributed by atoms with Gasteiger partial charge in [-0.3, -0.25) is 4.90 Å². The van der Waals surface area contributed by atoms with Gasteiger partial charge in [0.1, 0.15) is 0 Å². The molecule has 1 N–H and O–H groups in total. The highest BCUT2D eigenvalue weighted by Gasteiger charge is 2.26. The number of piperidine rings is 1. The van der Waals surface area contributed by atoms with E-state index in [1.807, 2.05) is 0 Å². The number of nitrogens with one attached hydrogen (secondary N) is 1. The Kier molecular flexibility index (Phi) is 12.8. The molecule has 25 heavy (non-hydrogen) atoms. The number of nitrogens with zero attached hydrogens (tertiary/aromatic N) is 1. The van der Waals surface area contributed by atoms with E-state index in [2.05, 4.69) is 24.1 Å². The van der Waals surface area contributed by atoms with E-state index in [0.717, 1.165) is 13.0 Å². The quantitative estimate of drug-likeness (QED) is 0.444. The van der Waals surface area contributed by atoms with Gasteiger partial charge in [0.25, 0.3) is 0 Å². The molecule has 1 rings (SSSR count). The summed E-state index contributed by atoms with van der Waals surface area (Å²) in [5.74, 6) is 0. The van der Waals surface area contributed by atoms with Crippen LogP contribution in [0.15, 0.2) is 0 Å². The Bertz CT molecular complexity index is 336. The van der Waals surface area contributed by atoms with Gasteiger partial charge in [-0.15, -0.1) is 0 Å². The van der Waals surface area contributed by atoms with E-state index >= 15 is 0 Å². The first-order chi connectivity index (χ1) is 12.2. The van der Waals surface area contributed by atoms with Crippen LogP contribution >= 0.6 is 0 Å². The predicted octanol–water partition coefficient (Wildman–Crippen LogP) is 5.51. The van der Waals surface area contributed by atoms with E-state index in [9.17, 15) is 4.79 Å². The Balaban J connectivity index is 2.45. The highest BCUT2D eigenvalue weighted by atomic mass is 16.5. The summed E-state index contributed by atoms with van der Waals surface area (Å²) in [4.78, 5) is 14.2. The lowest BCUT2D eigenvalue weighted by atomic mass is 9.96. The number of hydrogen-bond acceptors (Lipinski definition) is 3. The van der Waals surface area contributed by atoms with E-state index in [-0.39, 0.29) is 12.1 Å². The van der Waals surface area contributed by atoms with E-state index in [1.165, 1.54) is 90.7 Å². The minimum atomic E-state index is -0.286. The van der Waals surface area contributed by atoms with Crippen LogP contribution in [0.1, 0.15) is 97.3 Å². The molecule has 1 aliphatic heterocycles. The third kappa shape index (κ3) is 10.1. The van der Waals surface area contributed by atoms with Crippen LogP contribution in [0.4, 0.5) is 4.79 Å². The van der Waals surface area contributed by atoms with Gasteiger partial charge in [-0.05, 0) is 32.2 Å². The zero-order chi connectivity index (χ0) is 18.3. The van der Waals surface area contributed by atoms with Gasteiger partial charge in [0.15, 0.2) is 0 Å². The summed E-state index contributed by atoms with van der Waals surface area (Å²) in [5.41, 5.74) is 0. The maximum atomic E-state index is 11.5. The molecule has 0 bridgehead atoms. The van der Waals surface area contributed by atoms with Gasteiger partial charge in [-0.25, -0.2) is 4.79 Å². The standard InChI is InChI=1S/C21H42N2O2/c1-4-6-8-10-12-16-20(15-11-9-7-5-2)23-17-13-14-19(18-23)22-21(24)25-3/h19-20H,4-18H2,1-3H3,(H,22,24)/t19-,20?/m0/s1. The van der Waals surface area contributed by atoms with Crippen LogP contribution in [0.5, 0.6) is 0 Å². The molecular weight excluding hydrogens is 312 g/mol. The number of carbonyl (C=O) groups excluding carboxylic acids is 1. The molecule has 1 aliphatic rings. The molecule has 0 radical (unpaired) electrons. The zero-order valence-electron chi connectivity index (χ0n) is 17.0. The SMILES string of the molecule is CCCCCCCC(CCCCCC)N1CCC[C@H](NC(=O)OC)C1. The highest BCUT2D eigenvalue weighted by molar-refractivity contribution is 5.67. The van der Waals surface area contributed by atoms with Gasteiger partial charge in [0.2, 0.25) is 0 Å². The number of amides is 1. The number of hydrogen-bond donors (Lipinski definition) is 1. The molecule has 0 aromatic carbocycles. The topological polar surface area (TPSA) is 41.6 Å². The molecule has 0 aromatic heterocycles. The average Bonchev–Trinajstić information content (AvgIpc) is 2.63. The Morgan fingerprint density at radius 1 is 1.04 bits per heavy atom. The Hall–Kier alpha value is -0.770. The van der Waals surface area contributed by atoms with Crippen LogP contribution < -0.4 is 5.32 Å². The van der Waals surface area contributed by atoms with Crippen LogP contribution in [0.25, 0.3) is 0 Å². The fraction of sp³-hybridized carbons (Fsp3) is 0.952. The molecule has 1 fully saturated rings. The number of methoxy groups -OCH3 is 1. The van der Waals surface area contributed by atoms with Gasteiger partial charge in [-0.2, -0.15) is 0 Å². The van der Waals surface area contributed by atoms with Crippen molar-refractivity contribution in [3.8, 4) is 0 Å². The molecule has 1 amide bonds. The van der Waals surface area contributed by atoms with Gasteiger partial charge < -0.3 is 10.1 Å². The van der Waals surface area contributed by atoms with Crippen molar-refractivity contribution in [2.75, 3.05) is 20.2 Å². The summed E-state index contributed by atoms with van der Waals surface area (Å²) in [5, 5.41) is 3.01. The molecule has 148 valence electrons. The number of likely N-dealkylation sites (tertiary alicyclic amines) is 1. The molecule has 0 saturated carbocycles. The molecule has 0 aliphatic carbocycles. The number of ether oxygens (including phenoxy) is 1. The zero-order valence-corrected chi connectivity index (χ0v) is 17.0. The molecule has 0 spiro atoms. The normalized spacial score (nSPS) is 19.6. The van der Waals surface area contributed by atoms with Crippen LogP contribution in [-0.2, 0) is 4.74 Å². The van der Waals surface area contributed by atoms with E-state index in [1.54, 1.807) is 0 Å². The van der Waals surface area contributed by atoms with Gasteiger partial charge in [-0.1, -0.05) is 71.6 Å².